The van der Waals surface area contributed by atoms with Gasteiger partial charge in [-0.3, -0.25) is 4.99 Å². The van der Waals surface area contributed by atoms with Crippen LogP contribution in [0.2, 0.25) is 0 Å². The van der Waals surface area contributed by atoms with Gasteiger partial charge >= 0.3 is 0 Å². The van der Waals surface area contributed by atoms with E-state index in [0.29, 0.717) is 17.3 Å². The predicted octanol–water partition coefficient (Wildman–Crippen LogP) is 3.96. The van der Waals surface area contributed by atoms with Gasteiger partial charge in [0.15, 0.2) is 5.72 Å². The minimum absolute atomic E-state index is 0.137. The van der Waals surface area contributed by atoms with Crippen LogP contribution >= 0.6 is 0 Å². The van der Waals surface area contributed by atoms with E-state index in [0.717, 1.165) is 0 Å². The maximum atomic E-state index is 6.00. The van der Waals surface area contributed by atoms with Gasteiger partial charge < -0.3 is 4.74 Å². The zero-order valence-corrected chi connectivity index (χ0v) is 12.0. The first-order valence-corrected chi connectivity index (χ1v) is 7.22. The van der Waals surface area contributed by atoms with Crippen molar-refractivity contribution in [3.63, 3.8) is 0 Å². The van der Waals surface area contributed by atoms with Gasteiger partial charge in [-0.2, -0.15) is 0 Å². The Hall–Kier alpha value is -0.630. The van der Waals surface area contributed by atoms with E-state index in [-0.39, 0.29) is 11.3 Å². The SMILES string of the molecule is C=N[C@@]1([C@@H]2CC[C@@]3(C)CCCC(=C)[C@@H]23)OC1(C)C. The van der Waals surface area contributed by atoms with Crippen LogP contribution < -0.4 is 0 Å². The number of hydrogen-bond donors (Lipinski definition) is 0. The second-order valence-electron chi connectivity index (χ2n) is 7.26. The minimum Gasteiger partial charge on any atom is -0.340 e. The molecule has 2 aliphatic carbocycles. The summed E-state index contributed by atoms with van der Waals surface area (Å²) in [6, 6.07) is 0. The Bertz CT molecular complexity index is 413. The number of nitrogens with zero attached hydrogens (tertiary/aromatic N) is 1. The molecule has 3 aliphatic rings. The molecule has 1 heterocycles. The van der Waals surface area contributed by atoms with Crippen molar-refractivity contribution in [3.8, 4) is 0 Å². The average molecular weight is 247 g/mol. The summed E-state index contributed by atoms with van der Waals surface area (Å²) >= 11 is 0. The summed E-state index contributed by atoms with van der Waals surface area (Å²) in [5.41, 5.74) is 1.39. The molecule has 0 N–H and O–H groups in total. The molecule has 0 aromatic carbocycles. The van der Waals surface area contributed by atoms with Crippen molar-refractivity contribution in [1.29, 1.82) is 0 Å². The van der Waals surface area contributed by atoms with Crippen molar-refractivity contribution in [2.24, 2.45) is 22.2 Å². The van der Waals surface area contributed by atoms with Crippen molar-refractivity contribution < 1.29 is 4.74 Å². The Morgan fingerprint density at radius 2 is 1.94 bits per heavy atom. The van der Waals surface area contributed by atoms with Crippen LogP contribution in [0.5, 0.6) is 0 Å². The third-order valence-electron chi connectivity index (χ3n) is 5.83. The molecule has 18 heavy (non-hydrogen) atoms. The van der Waals surface area contributed by atoms with Gasteiger partial charge in [-0.1, -0.05) is 19.1 Å². The smallest absolute Gasteiger partial charge is 0.190 e. The van der Waals surface area contributed by atoms with Crippen LogP contribution in [-0.2, 0) is 4.74 Å². The van der Waals surface area contributed by atoms with Gasteiger partial charge in [0, 0.05) is 5.92 Å². The van der Waals surface area contributed by atoms with E-state index in [1.165, 1.54) is 37.7 Å². The van der Waals surface area contributed by atoms with Crippen molar-refractivity contribution in [2.75, 3.05) is 0 Å². The van der Waals surface area contributed by atoms with Gasteiger partial charge in [0.1, 0.15) is 5.60 Å². The fourth-order valence-corrected chi connectivity index (χ4v) is 4.87. The lowest BCUT2D eigenvalue weighted by molar-refractivity contribution is 0.126. The van der Waals surface area contributed by atoms with Crippen LogP contribution in [0, 0.1) is 17.3 Å². The molecule has 2 nitrogen and oxygen atoms in total. The summed E-state index contributed by atoms with van der Waals surface area (Å²) in [6.45, 7) is 14.9. The fourth-order valence-electron chi connectivity index (χ4n) is 4.87. The van der Waals surface area contributed by atoms with Crippen LogP contribution in [0.4, 0.5) is 0 Å². The number of aliphatic imine (C=N–C) groups is 1. The Morgan fingerprint density at radius 3 is 2.50 bits per heavy atom. The number of fused-ring (bicyclic) bond motifs is 1. The van der Waals surface area contributed by atoms with Gasteiger partial charge in [0.05, 0.1) is 0 Å². The van der Waals surface area contributed by atoms with Crippen LogP contribution in [-0.4, -0.2) is 18.0 Å². The monoisotopic (exact) mass is 247 g/mol. The molecule has 0 aromatic rings. The van der Waals surface area contributed by atoms with Gasteiger partial charge in [-0.05, 0) is 64.0 Å². The predicted molar refractivity (Wildman–Crippen MR) is 74.8 cm³/mol. The molecule has 0 radical (unpaired) electrons. The number of ether oxygens (including phenoxy) is 1. The molecule has 100 valence electrons. The molecule has 3 rings (SSSR count). The molecule has 0 unspecified atom stereocenters. The molecule has 0 spiro atoms. The molecular weight excluding hydrogens is 222 g/mol. The summed E-state index contributed by atoms with van der Waals surface area (Å²) in [6.07, 6.45) is 6.32. The number of epoxide rings is 1. The topological polar surface area (TPSA) is 24.9 Å². The number of hydrogen-bond acceptors (Lipinski definition) is 2. The lowest BCUT2D eigenvalue weighted by Crippen LogP contribution is -2.38. The van der Waals surface area contributed by atoms with E-state index in [9.17, 15) is 0 Å². The Labute approximate surface area is 111 Å². The minimum atomic E-state index is -0.338. The lowest BCUT2D eigenvalue weighted by Gasteiger charge is -2.41. The van der Waals surface area contributed by atoms with Crippen LogP contribution in [0.1, 0.15) is 52.9 Å². The van der Waals surface area contributed by atoms with Gasteiger partial charge in [0.25, 0.3) is 0 Å². The molecule has 1 aliphatic heterocycles. The standard InChI is InChI=1S/C16H25NO/c1-11-7-6-9-15(4)10-8-12(13(11)15)16(17-5)14(2,3)18-16/h12-13H,1,5-10H2,2-4H3/t12-,13+,15-,16+/m1/s1. The molecule has 3 fully saturated rings. The molecule has 2 heteroatoms. The highest BCUT2D eigenvalue weighted by Crippen LogP contribution is 2.66. The summed E-state index contributed by atoms with van der Waals surface area (Å²) in [4.78, 5) is 4.41. The van der Waals surface area contributed by atoms with Crippen LogP contribution in [0.25, 0.3) is 0 Å². The highest BCUT2D eigenvalue weighted by atomic mass is 16.6. The fraction of sp³-hybridized carbons (Fsp3) is 0.812. The van der Waals surface area contributed by atoms with Crippen molar-refractivity contribution in [1.82, 2.24) is 0 Å². The number of allylic oxidation sites excluding steroid dienone is 1. The molecule has 0 bridgehead atoms. The van der Waals surface area contributed by atoms with E-state index in [1.54, 1.807) is 0 Å². The third-order valence-corrected chi connectivity index (χ3v) is 5.83. The largest absolute Gasteiger partial charge is 0.340 e. The van der Waals surface area contributed by atoms with E-state index >= 15 is 0 Å². The van der Waals surface area contributed by atoms with Gasteiger partial charge in [0.2, 0.25) is 0 Å². The quantitative estimate of drug-likeness (QED) is 0.412. The molecule has 4 atom stereocenters. The lowest BCUT2D eigenvalue weighted by atomic mass is 9.64. The highest BCUT2D eigenvalue weighted by Gasteiger charge is 2.72. The first-order chi connectivity index (χ1) is 8.36. The highest BCUT2D eigenvalue weighted by molar-refractivity contribution is 5.33. The second kappa shape index (κ2) is 3.47. The zero-order valence-electron chi connectivity index (χ0n) is 12.0. The molecule has 0 aromatic heterocycles. The maximum Gasteiger partial charge on any atom is 0.190 e. The number of rotatable bonds is 2. The Kier molecular flexibility index (Phi) is 2.39. The molecule has 1 saturated heterocycles. The van der Waals surface area contributed by atoms with Gasteiger partial charge in [-0.15, -0.1) is 0 Å². The van der Waals surface area contributed by atoms with E-state index in [2.05, 4.69) is 39.1 Å². The molecule has 2 saturated carbocycles. The zero-order chi connectivity index (χ0) is 13.2. The average Bonchev–Trinajstić information content (AvgIpc) is 2.67. The second-order valence-corrected chi connectivity index (χ2v) is 7.26. The van der Waals surface area contributed by atoms with E-state index < -0.39 is 0 Å². The molecule has 0 amide bonds. The van der Waals surface area contributed by atoms with Crippen molar-refractivity contribution >= 4 is 6.72 Å². The maximum absolute atomic E-state index is 6.00. The van der Waals surface area contributed by atoms with Crippen molar-refractivity contribution in [2.45, 2.75) is 64.2 Å². The van der Waals surface area contributed by atoms with Crippen molar-refractivity contribution in [3.05, 3.63) is 12.2 Å². The van der Waals surface area contributed by atoms with Gasteiger partial charge in [-0.25, -0.2) is 0 Å². The Morgan fingerprint density at radius 1 is 1.28 bits per heavy atom. The normalized spacial score (nSPS) is 49.8. The van der Waals surface area contributed by atoms with Crippen LogP contribution in [0.3, 0.4) is 0 Å². The first-order valence-electron chi connectivity index (χ1n) is 7.22. The van der Waals surface area contributed by atoms with E-state index in [4.69, 9.17) is 4.74 Å². The first kappa shape index (κ1) is 12.4. The van der Waals surface area contributed by atoms with E-state index in [1.807, 2.05) is 0 Å². The summed E-state index contributed by atoms with van der Waals surface area (Å²) in [7, 11) is 0. The summed E-state index contributed by atoms with van der Waals surface area (Å²) in [5.74, 6) is 1.07. The summed E-state index contributed by atoms with van der Waals surface area (Å²) in [5, 5.41) is 0. The Balaban J connectivity index is 1.96. The molecular formula is C16H25NO. The third kappa shape index (κ3) is 1.36. The van der Waals surface area contributed by atoms with Crippen LogP contribution in [0.15, 0.2) is 17.1 Å². The summed E-state index contributed by atoms with van der Waals surface area (Å²) < 4.78 is 6.00.